The molecular weight excluding hydrogens is 350 g/mol. The molecule has 0 radical (unpaired) electrons. The van der Waals surface area contributed by atoms with Gasteiger partial charge in [-0.2, -0.15) is 0 Å². The summed E-state index contributed by atoms with van der Waals surface area (Å²) in [5.74, 6) is 2.58. The van der Waals surface area contributed by atoms with Crippen molar-refractivity contribution in [2.75, 3.05) is 13.4 Å². The molecule has 0 unspecified atom stereocenters. The molecule has 4 nitrogen and oxygen atoms in total. The zero-order chi connectivity index (χ0) is 17.1. The first-order valence-corrected chi connectivity index (χ1v) is 8.58. The first-order chi connectivity index (χ1) is 12.3. The predicted octanol–water partition coefficient (Wildman–Crippen LogP) is 4.68. The number of hydrogen-bond acceptors (Lipinski definition) is 4. The van der Waals surface area contributed by atoms with E-state index in [9.17, 15) is 0 Å². The second-order valence-corrected chi connectivity index (χ2v) is 5.99. The third-order valence-electron chi connectivity index (χ3n) is 4.37. The lowest BCUT2D eigenvalue weighted by Crippen LogP contribution is -2.14. The fourth-order valence-corrected chi connectivity index (χ4v) is 3.17. The van der Waals surface area contributed by atoms with E-state index in [1.165, 1.54) is 21.9 Å². The summed E-state index contributed by atoms with van der Waals surface area (Å²) in [4.78, 5) is 0. The first-order valence-electron chi connectivity index (χ1n) is 8.58. The van der Waals surface area contributed by atoms with Gasteiger partial charge in [0.1, 0.15) is 5.75 Å². The summed E-state index contributed by atoms with van der Waals surface area (Å²) in [5, 5.41) is 5.98. The number of nitrogens with one attached hydrogen (secondary N) is 1. The van der Waals surface area contributed by atoms with E-state index in [0.717, 1.165) is 30.3 Å². The summed E-state index contributed by atoms with van der Waals surface area (Å²) in [6, 6.07) is 18.6. The van der Waals surface area contributed by atoms with Gasteiger partial charge in [-0.25, -0.2) is 0 Å². The van der Waals surface area contributed by atoms with Gasteiger partial charge in [0.2, 0.25) is 6.79 Å². The van der Waals surface area contributed by atoms with Gasteiger partial charge in [0.05, 0.1) is 6.61 Å². The van der Waals surface area contributed by atoms with Gasteiger partial charge in [0.15, 0.2) is 11.5 Å². The Kier molecular flexibility index (Phi) is 5.86. The van der Waals surface area contributed by atoms with Crippen LogP contribution in [0.1, 0.15) is 18.1 Å². The summed E-state index contributed by atoms with van der Waals surface area (Å²) in [7, 11) is 0. The molecule has 3 aromatic carbocycles. The van der Waals surface area contributed by atoms with E-state index < -0.39 is 0 Å². The average molecular weight is 372 g/mol. The highest BCUT2D eigenvalue weighted by atomic mass is 35.5. The van der Waals surface area contributed by atoms with Crippen molar-refractivity contribution in [2.24, 2.45) is 0 Å². The van der Waals surface area contributed by atoms with Crippen molar-refractivity contribution in [2.45, 2.75) is 20.0 Å². The molecule has 0 fully saturated rings. The van der Waals surface area contributed by atoms with E-state index in [-0.39, 0.29) is 12.4 Å². The highest BCUT2D eigenvalue weighted by Gasteiger charge is 2.13. The van der Waals surface area contributed by atoms with Crippen LogP contribution in [0.5, 0.6) is 17.2 Å². The van der Waals surface area contributed by atoms with Gasteiger partial charge >= 0.3 is 0 Å². The fourth-order valence-electron chi connectivity index (χ4n) is 3.17. The van der Waals surface area contributed by atoms with Crippen molar-refractivity contribution in [3.8, 4) is 17.2 Å². The standard InChI is InChI=1S/C21H21NO3.ClH/c1-2-23-19-10-8-16-5-3-4-6-17(16)18(19)13-22-12-15-7-9-20-21(11-15)25-14-24-20;/h3-11,22H,2,12-14H2,1H3;1H. The van der Waals surface area contributed by atoms with E-state index in [0.29, 0.717) is 13.4 Å². The van der Waals surface area contributed by atoms with Gasteiger partial charge in [-0.15, -0.1) is 12.4 Å². The predicted molar refractivity (Wildman–Crippen MR) is 105 cm³/mol. The highest BCUT2D eigenvalue weighted by molar-refractivity contribution is 5.87. The average Bonchev–Trinajstić information content (AvgIpc) is 3.11. The number of hydrogen-bond donors (Lipinski definition) is 1. The van der Waals surface area contributed by atoms with Crippen molar-refractivity contribution >= 4 is 23.2 Å². The number of halogens is 1. The van der Waals surface area contributed by atoms with Gasteiger partial charge in [-0.1, -0.05) is 36.4 Å². The third-order valence-corrected chi connectivity index (χ3v) is 4.37. The van der Waals surface area contributed by atoms with E-state index >= 15 is 0 Å². The van der Waals surface area contributed by atoms with Crippen LogP contribution in [0.3, 0.4) is 0 Å². The van der Waals surface area contributed by atoms with Crippen LogP contribution in [-0.2, 0) is 13.1 Å². The molecule has 0 aromatic heterocycles. The number of ether oxygens (including phenoxy) is 3. The maximum absolute atomic E-state index is 5.83. The number of rotatable bonds is 6. The van der Waals surface area contributed by atoms with Crippen LogP contribution in [0.25, 0.3) is 10.8 Å². The number of fused-ring (bicyclic) bond motifs is 2. The summed E-state index contributed by atoms with van der Waals surface area (Å²) in [6.07, 6.45) is 0. The summed E-state index contributed by atoms with van der Waals surface area (Å²) in [5.41, 5.74) is 2.36. The Morgan fingerprint density at radius 3 is 2.69 bits per heavy atom. The van der Waals surface area contributed by atoms with Crippen LogP contribution in [-0.4, -0.2) is 13.4 Å². The maximum atomic E-state index is 5.83. The Bertz CT molecular complexity index is 898. The molecule has 5 heteroatoms. The molecule has 0 amide bonds. The molecule has 1 heterocycles. The summed E-state index contributed by atoms with van der Waals surface area (Å²) < 4.78 is 16.6. The lowest BCUT2D eigenvalue weighted by atomic mass is 10.0. The lowest BCUT2D eigenvalue weighted by molar-refractivity contribution is 0.174. The second-order valence-electron chi connectivity index (χ2n) is 5.99. The third kappa shape index (κ3) is 3.71. The van der Waals surface area contributed by atoms with Crippen LogP contribution < -0.4 is 19.5 Å². The summed E-state index contributed by atoms with van der Waals surface area (Å²) in [6.45, 7) is 4.48. The normalized spacial score (nSPS) is 12.0. The molecular formula is C21H22ClNO3. The molecule has 1 aliphatic heterocycles. The molecule has 4 rings (SSSR count). The smallest absolute Gasteiger partial charge is 0.231 e. The van der Waals surface area contributed by atoms with Crippen molar-refractivity contribution in [1.29, 1.82) is 0 Å². The van der Waals surface area contributed by atoms with Gasteiger partial charge in [0.25, 0.3) is 0 Å². The molecule has 0 aliphatic carbocycles. The van der Waals surface area contributed by atoms with Crippen LogP contribution in [0.15, 0.2) is 54.6 Å². The van der Waals surface area contributed by atoms with Gasteiger partial charge in [-0.3, -0.25) is 0 Å². The van der Waals surface area contributed by atoms with Gasteiger partial charge < -0.3 is 19.5 Å². The van der Waals surface area contributed by atoms with Gasteiger partial charge in [-0.05, 0) is 41.5 Å². The van der Waals surface area contributed by atoms with Crippen LogP contribution in [0, 0.1) is 0 Å². The van der Waals surface area contributed by atoms with E-state index in [1.54, 1.807) is 0 Å². The molecule has 1 N–H and O–H groups in total. The van der Waals surface area contributed by atoms with Crippen LogP contribution in [0.2, 0.25) is 0 Å². The summed E-state index contributed by atoms with van der Waals surface area (Å²) >= 11 is 0. The Morgan fingerprint density at radius 2 is 1.81 bits per heavy atom. The molecule has 0 saturated heterocycles. The van der Waals surface area contributed by atoms with Crippen molar-refractivity contribution in [3.63, 3.8) is 0 Å². The zero-order valence-corrected chi connectivity index (χ0v) is 15.5. The Hall–Kier alpha value is -2.43. The molecule has 0 spiro atoms. The largest absolute Gasteiger partial charge is 0.494 e. The van der Waals surface area contributed by atoms with Crippen molar-refractivity contribution in [1.82, 2.24) is 5.32 Å². The minimum Gasteiger partial charge on any atom is -0.494 e. The number of benzene rings is 3. The van der Waals surface area contributed by atoms with Crippen molar-refractivity contribution < 1.29 is 14.2 Å². The minimum atomic E-state index is 0. The molecule has 0 atom stereocenters. The van der Waals surface area contributed by atoms with Crippen LogP contribution >= 0.6 is 12.4 Å². The topological polar surface area (TPSA) is 39.7 Å². The highest BCUT2D eigenvalue weighted by Crippen LogP contribution is 2.32. The second kappa shape index (κ2) is 8.30. The molecule has 136 valence electrons. The van der Waals surface area contributed by atoms with E-state index in [4.69, 9.17) is 14.2 Å². The SMILES string of the molecule is CCOc1ccc2ccccc2c1CNCc1ccc2c(c1)OCO2.Cl. The quantitative estimate of drug-likeness (QED) is 0.683. The molecule has 3 aromatic rings. The first kappa shape index (κ1) is 18.4. The van der Waals surface area contributed by atoms with Gasteiger partial charge in [0, 0.05) is 18.7 Å². The Labute approximate surface area is 159 Å². The van der Waals surface area contributed by atoms with E-state index in [2.05, 4.69) is 47.8 Å². The van der Waals surface area contributed by atoms with Crippen LogP contribution in [0.4, 0.5) is 0 Å². The van der Waals surface area contributed by atoms with Crippen molar-refractivity contribution in [3.05, 3.63) is 65.7 Å². The Morgan fingerprint density at radius 1 is 0.962 bits per heavy atom. The minimum absolute atomic E-state index is 0. The Balaban J connectivity index is 0.00000196. The molecule has 0 saturated carbocycles. The lowest BCUT2D eigenvalue weighted by Gasteiger charge is -2.14. The fraction of sp³-hybridized carbons (Fsp3) is 0.238. The van der Waals surface area contributed by atoms with E-state index in [1.807, 2.05) is 19.1 Å². The maximum Gasteiger partial charge on any atom is 0.231 e. The molecule has 1 aliphatic rings. The molecule has 0 bridgehead atoms. The monoisotopic (exact) mass is 371 g/mol. The zero-order valence-electron chi connectivity index (χ0n) is 14.7. The molecule has 26 heavy (non-hydrogen) atoms.